The Bertz CT molecular complexity index is 734. The van der Waals surface area contributed by atoms with Gasteiger partial charge >= 0.3 is 0 Å². The highest BCUT2D eigenvalue weighted by Crippen LogP contribution is 2.31. The van der Waals surface area contributed by atoms with Crippen molar-refractivity contribution in [3.05, 3.63) is 53.6 Å². The van der Waals surface area contributed by atoms with Crippen LogP contribution in [0.5, 0.6) is 17.2 Å². The Hall–Kier alpha value is -2.47. The fraction of sp³-hybridized carbons (Fsp3) is 0.316. The highest BCUT2D eigenvalue weighted by atomic mass is 32.1. The topological polar surface area (TPSA) is 43.0 Å². The molecular formula is C19H22N2O3S. The molecule has 2 aromatic rings. The molecule has 0 aliphatic carbocycles. The SMILES string of the molecule is COc1ccc(CNC(=S)N(C)Cc2ccc3c(c2)OCCO3)cc1. The molecular weight excluding hydrogens is 336 g/mol. The predicted octanol–water partition coefficient (Wildman–Crippen LogP) is 2.97. The molecule has 6 heteroatoms. The molecule has 1 aliphatic heterocycles. The van der Waals surface area contributed by atoms with E-state index in [0.717, 1.165) is 28.4 Å². The first kappa shape index (κ1) is 17.4. The number of hydrogen-bond acceptors (Lipinski definition) is 4. The predicted molar refractivity (Wildman–Crippen MR) is 101 cm³/mol. The van der Waals surface area contributed by atoms with Gasteiger partial charge in [-0.15, -0.1) is 0 Å². The van der Waals surface area contributed by atoms with Crippen LogP contribution in [0.4, 0.5) is 0 Å². The van der Waals surface area contributed by atoms with Gasteiger partial charge in [0.2, 0.25) is 0 Å². The van der Waals surface area contributed by atoms with Crippen LogP contribution in [0, 0.1) is 0 Å². The molecule has 0 bridgehead atoms. The maximum absolute atomic E-state index is 5.63. The molecule has 132 valence electrons. The van der Waals surface area contributed by atoms with Crippen molar-refractivity contribution < 1.29 is 14.2 Å². The van der Waals surface area contributed by atoms with Gasteiger partial charge in [0.15, 0.2) is 16.6 Å². The number of nitrogens with zero attached hydrogens (tertiary/aromatic N) is 1. The first-order valence-electron chi connectivity index (χ1n) is 8.16. The Morgan fingerprint density at radius 1 is 1.08 bits per heavy atom. The largest absolute Gasteiger partial charge is 0.497 e. The molecule has 1 N–H and O–H groups in total. The fourth-order valence-corrected chi connectivity index (χ4v) is 2.72. The maximum Gasteiger partial charge on any atom is 0.169 e. The first-order chi connectivity index (χ1) is 12.2. The zero-order chi connectivity index (χ0) is 17.6. The Balaban J connectivity index is 1.53. The number of methoxy groups -OCH3 is 1. The van der Waals surface area contributed by atoms with Crippen LogP contribution in [-0.4, -0.2) is 37.4 Å². The van der Waals surface area contributed by atoms with Crippen LogP contribution < -0.4 is 19.5 Å². The third kappa shape index (κ3) is 4.54. The quantitative estimate of drug-likeness (QED) is 0.829. The van der Waals surface area contributed by atoms with E-state index >= 15 is 0 Å². The van der Waals surface area contributed by atoms with E-state index in [1.165, 1.54) is 0 Å². The van der Waals surface area contributed by atoms with Crippen molar-refractivity contribution in [1.29, 1.82) is 0 Å². The molecule has 5 nitrogen and oxygen atoms in total. The molecule has 0 unspecified atom stereocenters. The van der Waals surface area contributed by atoms with E-state index in [2.05, 4.69) is 5.32 Å². The minimum absolute atomic E-state index is 0.591. The van der Waals surface area contributed by atoms with Crippen LogP contribution >= 0.6 is 12.2 Å². The Labute approximate surface area is 153 Å². The monoisotopic (exact) mass is 358 g/mol. The average molecular weight is 358 g/mol. The Morgan fingerprint density at radius 2 is 1.76 bits per heavy atom. The lowest BCUT2D eigenvalue weighted by Gasteiger charge is -2.23. The van der Waals surface area contributed by atoms with E-state index < -0.39 is 0 Å². The van der Waals surface area contributed by atoms with Crippen molar-refractivity contribution in [2.75, 3.05) is 27.4 Å². The van der Waals surface area contributed by atoms with Crippen LogP contribution in [0.15, 0.2) is 42.5 Å². The zero-order valence-corrected chi connectivity index (χ0v) is 15.3. The van der Waals surface area contributed by atoms with Crippen molar-refractivity contribution >= 4 is 17.3 Å². The van der Waals surface area contributed by atoms with E-state index in [-0.39, 0.29) is 0 Å². The highest BCUT2D eigenvalue weighted by Gasteiger charge is 2.13. The smallest absolute Gasteiger partial charge is 0.169 e. The van der Waals surface area contributed by atoms with Crippen molar-refractivity contribution in [1.82, 2.24) is 10.2 Å². The molecule has 0 amide bonds. The number of thiocarbonyl (C=S) groups is 1. The molecule has 0 radical (unpaired) electrons. The van der Waals surface area contributed by atoms with Gasteiger partial charge in [-0.1, -0.05) is 18.2 Å². The summed E-state index contributed by atoms with van der Waals surface area (Å²) < 4.78 is 16.3. The third-order valence-corrected chi connectivity index (χ3v) is 4.43. The first-order valence-corrected chi connectivity index (χ1v) is 8.57. The van der Waals surface area contributed by atoms with Gasteiger partial charge in [0, 0.05) is 20.1 Å². The standard InChI is InChI=1S/C19H22N2O3S/c1-21(13-15-5-8-17-18(11-15)24-10-9-23-17)19(25)20-12-14-3-6-16(22-2)7-4-14/h3-8,11H,9-10,12-13H2,1-2H3,(H,20,25). The number of hydrogen-bond donors (Lipinski definition) is 1. The van der Waals surface area contributed by atoms with Gasteiger partial charge < -0.3 is 24.4 Å². The van der Waals surface area contributed by atoms with E-state index in [4.69, 9.17) is 26.4 Å². The highest BCUT2D eigenvalue weighted by molar-refractivity contribution is 7.80. The number of ether oxygens (including phenoxy) is 3. The number of rotatable bonds is 5. The van der Waals surface area contributed by atoms with E-state index in [9.17, 15) is 0 Å². The maximum atomic E-state index is 5.63. The summed E-state index contributed by atoms with van der Waals surface area (Å²) in [5.41, 5.74) is 2.27. The summed E-state index contributed by atoms with van der Waals surface area (Å²) in [4.78, 5) is 2.00. The molecule has 3 rings (SSSR count). The van der Waals surface area contributed by atoms with Crippen LogP contribution in [0.1, 0.15) is 11.1 Å². The summed E-state index contributed by atoms with van der Waals surface area (Å²) in [5, 5.41) is 3.98. The summed E-state index contributed by atoms with van der Waals surface area (Å²) in [6, 6.07) is 13.9. The van der Waals surface area contributed by atoms with E-state index in [1.807, 2.05) is 54.4 Å². The van der Waals surface area contributed by atoms with Gasteiger partial charge in [0.05, 0.1) is 7.11 Å². The van der Waals surface area contributed by atoms with E-state index in [0.29, 0.717) is 31.4 Å². The molecule has 1 heterocycles. The zero-order valence-electron chi connectivity index (χ0n) is 14.5. The average Bonchev–Trinajstić information content (AvgIpc) is 2.66. The lowest BCUT2D eigenvalue weighted by molar-refractivity contribution is 0.171. The summed E-state index contributed by atoms with van der Waals surface area (Å²) in [6.45, 7) is 2.57. The summed E-state index contributed by atoms with van der Waals surface area (Å²) >= 11 is 5.48. The van der Waals surface area contributed by atoms with Crippen molar-refractivity contribution in [2.24, 2.45) is 0 Å². The normalized spacial score (nSPS) is 12.4. The van der Waals surface area contributed by atoms with Crippen LogP contribution in [0.2, 0.25) is 0 Å². The van der Waals surface area contributed by atoms with E-state index in [1.54, 1.807) is 7.11 Å². The van der Waals surface area contributed by atoms with Gasteiger partial charge in [-0.3, -0.25) is 0 Å². The second-order valence-corrected chi connectivity index (χ2v) is 6.23. The van der Waals surface area contributed by atoms with Crippen LogP contribution in [-0.2, 0) is 13.1 Å². The minimum atomic E-state index is 0.591. The lowest BCUT2D eigenvalue weighted by atomic mass is 10.2. The lowest BCUT2D eigenvalue weighted by Crippen LogP contribution is -2.36. The number of benzene rings is 2. The Morgan fingerprint density at radius 3 is 2.48 bits per heavy atom. The van der Waals surface area contributed by atoms with Gasteiger partial charge in [-0.05, 0) is 47.6 Å². The molecule has 2 aromatic carbocycles. The van der Waals surface area contributed by atoms with Crippen LogP contribution in [0.25, 0.3) is 0 Å². The molecule has 0 saturated heterocycles. The van der Waals surface area contributed by atoms with Crippen molar-refractivity contribution in [3.8, 4) is 17.2 Å². The van der Waals surface area contributed by atoms with Crippen molar-refractivity contribution in [3.63, 3.8) is 0 Å². The summed E-state index contributed by atoms with van der Waals surface area (Å²) in [7, 11) is 3.63. The molecule has 0 aromatic heterocycles. The number of nitrogens with one attached hydrogen (secondary N) is 1. The fourth-order valence-electron chi connectivity index (χ4n) is 2.59. The molecule has 0 saturated carbocycles. The van der Waals surface area contributed by atoms with Gasteiger partial charge in [0.1, 0.15) is 19.0 Å². The van der Waals surface area contributed by atoms with Crippen LogP contribution in [0.3, 0.4) is 0 Å². The molecule has 1 aliphatic rings. The summed E-state index contributed by atoms with van der Waals surface area (Å²) in [6.07, 6.45) is 0. The number of fused-ring (bicyclic) bond motifs is 1. The third-order valence-electron chi connectivity index (χ3n) is 3.98. The second-order valence-electron chi connectivity index (χ2n) is 5.84. The molecule has 25 heavy (non-hydrogen) atoms. The molecule has 0 fully saturated rings. The van der Waals surface area contributed by atoms with Gasteiger partial charge in [0.25, 0.3) is 0 Å². The van der Waals surface area contributed by atoms with Gasteiger partial charge in [-0.2, -0.15) is 0 Å². The molecule has 0 atom stereocenters. The minimum Gasteiger partial charge on any atom is -0.497 e. The Kier molecular flexibility index (Phi) is 5.60. The summed E-state index contributed by atoms with van der Waals surface area (Å²) in [5.74, 6) is 2.45. The second kappa shape index (κ2) is 8.07. The van der Waals surface area contributed by atoms with Gasteiger partial charge in [-0.25, -0.2) is 0 Å². The molecule has 0 spiro atoms. The van der Waals surface area contributed by atoms with Crippen molar-refractivity contribution in [2.45, 2.75) is 13.1 Å².